The maximum Gasteiger partial charge on any atom is 0.123 e. The molecule has 0 aliphatic carbocycles. The van der Waals surface area contributed by atoms with Crippen molar-refractivity contribution in [1.29, 1.82) is 0 Å². The second-order valence-electron chi connectivity index (χ2n) is 6.39. The van der Waals surface area contributed by atoms with Gasteiger partial charge in [0.05, 0.1) is 6.61 Å². The first-order valence-electron chi connectivity index (χ1n) is 9.32. The fourth-order valence-electron chi connectivity index (χ4n) is 2.77. The normalized spacial score (nSPS) is 11.0. The van der Waals surface area contributed by atoms with Crippen LogP contribution in [0.1, 0.15) is 82.3 Å². The molecule has 4 heteroatoms. The second-order valence-corrected chi connectivity index (χ2v) is 7.51. The summed E-state index contributed by atoms with van der Waals surface area (Å²) in [5, 5.41) is 11.2. The van der Waals surface area contributed by atoms with Crippen LogP contribution in [-0.2, 0) is 10.7 Å². The van der Waals surface area contributed by atoms with Gasteiger partial charge in [0, 0.05) is 21.8 Å². The van der Waals surface area contributed by atoms with Crippen molar-refractivity contribution >= 4 is 31.9 Å². The minimum Gasteiger partial charge on any atom is -0.508 e. The third-order valence-electron chi connectivity index (χ3n) is 4.31. The first kappa shape index (κ1) is 21.8. The number of ether oxygens (including phenoxy) is 1. The molecule has 0 amide bonds. The molecule has 24 heavy (non-hydrogen) atoms. The molecular formula is C20H32Br2O2. The van der Waals surface area contributed by atoms with Gasteiger partial charge in [-0.3, -0.25) is 0 Å². The smallest absolute Gasteiger partial charge is 0.123 e. The molecule has 0 aromatic heterocycles. The number of halogens is 2. The molecule has 0 heterocycles. The zero-order chi connectivity index (χ0) is 17.6. The highest BCUT2D eigenvalue weighted by Gasteiger charge is 2.09. The largest absolute Gasteiger partial charge is 0.508 e. The van der Waals surface area contributed by atoms with E-state index in [4.69, 9.17) is 4.74 Å². The molecule has 1 aromatic carbocycles. The van der Waals surface area contributed by atoms with Crippen molar-refractivity contribution in [2.45, 2.75) is 81.8 Å². The van der Waals surface area contributed by atoms with Crippen molar-refractivity contribution in [3.05, 3.63) is 23.3 Å². The van der Waals surface area contributed by atoms with E-state index in [-0.39, 0.29) is 0 Å². The van der Waals surface area contributed by atoms with E-state index in [0.29, 0.717) is 16.4 Å². The van der Waals surface area contributed by atoms with Gasteiger partial charge in [0.25, 0.3) is 0 Å². The highest BCUT2D eigenvalue weighted by Crippen LogP contribution is 2.31. The number of benzene rings is 1. The summed E-state index contributed by atoms with van der Waals surface area (Å²) in [5.41, 5.74) is 1.88. The van der Waals surface area contributed by atoms with Crippen molar-refractivity contribution in [2.24, 2.45) is 0 Å². The molecule has 138 valence electrons. The third-order valence-corrected chi connectivity index (χ3v) is 5.51. The highest BCUT2D eigenvalue weighted by molar-refractivity contribution is 9.08. The van der Waals surface area contributed by atoms with Crippen LogP contribution in [0, 0.1) is 0 Å². The number of phenolic OH excluding ortho intramolecular Hbond substituents is 1. The van der Waals surface area contributed by atoms with E-state index in [1.807, 2.05) is 6.07 Å². The van der Waals surface area contributed by atoms with Crippen molar-refractivity contribution in [3.8, 4) is 11.5 Å². The van der Waals surface area contributed by atoms with Crippen LogP contribution < -0.4 is 4.74 Å². The van der Waals surface area contributed by atoms with Crippen LogP contribution in [0.4, 0.5) is 0 Å². The molecule has 0 aliphatic rings. The molecule has 0 aliphatic heterocycles. The van der Waals surface area contributed by atoms with Gasteiger partial charge in [0.15, 0.2) is 0 Å². The molecule has 0 spiro atoms. The summed E-state index contributed by atoms with van der Waals surface area (Å²) in [6.45, 7) is 3.02. The van der Waals surface area contributed by atoms with E-state index in [2.05, 4.69) is 38.8 Å². The Labute approximate surface area is 164 Å². The molecule has 0 atom stereocenters. The SMILES string of the molecule is CCCCCCCCCCCCOc1cc(CBr)c(O)cc1CBr. The molecule has 0 fully saturated rings. The van der Waals surface area contributed by atoms with Crippen LogP contribution in [0.25, 0.3) is 0 Å². The number of phenols is 1. The maximum atomic E-state index is 9.90. The Bertz CT molecular complexity index is 450. The van der Waals surface area contributed by atoms with Crippen molar-refractivity contribution in [1.82, 2.24) is 0 Å². The summed E-state index contributed by atoms with van der Waals surface area (Å²) in [4.78, 5) is 0. The van der Waals surface area contributed by atoms with Gasteiger partial charge in [0.2, 0.25) is 0 Å². The Morgan fingerprint density at radius 2 is 1.33 bits per heavy atom. The zero-order valence-corrected chi connectivity index (χ0v) is 18.1. The zero-order valence-electron chi connectivity index (χ0n) is 15.0. The number of rotatable bonds is 14. The Kier molecular flexibility index (Phi) is 12.7. The molecular weight excluding hydrogens is 432 g/mol. The van der Waals surface area contributed by atoms with Gasteiger partial charge in [-0.15, -0.1) is 0 Å². The number of aromatic hydroxyl groups is 1. The first-order valence-corrected chi connectivity index (χ1v) is 11.6. The molecule has 2 nitrogen and oxygen atoms in total. The van der Waals surface area contributed by atoms with Crippen LogP contribution in [0.2, 0.25) is 0 Å². The molecule has 1 rings (SSSR count). The number of hydrogen-bond donors (Lipinski definition) is 1. The summed E-state index contributed by atoms with van der Waals surface area (Å²) < 4.78 is 5.94. The molecule has 1 aromatic rings. The third kappa shape index (κ3) is 8.75. The van der Waals surface area contributed by atoms with E-state index in [1.165, 1.54) is 57.8 Å². The van der Waals surface area contributed by atoms with Gasteiger partial charge in [-0.25, -0.2) is 0 Å². The van der Waals surface area contributed by atoms with Gasteiger partial charge >= 0.3 is 0 Å². The van der Waals surface area contributed by atoms with Crippen LogP contribution in [0.15, 0.2) is 12.1 Å². The van der Waals surface area contributed by atoms with Crippen molar-refractivity contribution in [2.75, 3.05) is 6.61 Å². The van der Waals surface area contributed by atoms with E-state index in [1.54, 1.807) is 6.07 Å². The van der Waals surface area contributed by atoms with E-state index < -0.39 is 0 Å². The predicted octanol–water partition coefficient (Wildman–Crippen LogP) is 7.48. The summed E-state index contributed by atoms with van der Waals surface area (Å²) in [6.07, 6.45) is 13.3. The maximum absolute atomic E-state index is 9.90. The molecule has 0 radical (unpaired) electrons. The lowest BCUT2D eigenvalue weighted by atomic mass is 10.1. The van der Waals surface area contributed by atoms with E-state index >= 15 is 0 Å². The minimum atomic E-state index is 0.326. The van der Waals surface area contributed by atoms with Crippen molar-refractivity contribution in [3.63, 3.8) is 0 Å². The van der Waals surface area contributed by atoms with Crippen LogP contribution in [0.5, 0.6) is 11.5 Å². The topological polar surface area (TPSA) is 29.5 Å². The Balaban J connectivity index is 2.15. The first-order chi connectivity index (χ1) is 11.7. The number of unbranched alkanes of at least 4 members (excludes halogenated alkanes) is 9. The number of alkyl halides is 2. The standard InChI is InChI=1S/C20H32Br2O2/c1-2-3-4-5-6-7-8-9-10-11-12-24-20-14-17(15-21)19(23)13-18(20)16-22/h13-14,23H,2-12,15-16H2,1H3. The van der Waals surface area contributed by atoms with Crippen molar-refractivity contribution < 1.29 is 9.84 Å². The van der Waals surface area contributed by atoms with Gasteiger partial charge < -0.3 is 9.84 Å². The number of hydrogen-bond acceptors (Lipinski definition) is 2. The lowest BCUT2D eigenvalue weighted by Crippen LogP contribution is -2.00. The van der Waals surface area contributed by atoms with Crippen LogP contribution in [-0.4, -0.2) is 11.7 Å². The molecule has 0 saturated heterocycles. The molecule has 0 saturated carbocycles. The summed E-state index contributed by atoms with van der Waals surface area (Å²) >= 11 is 6.86. The van der Waals surface area contributed by atoms with Crippen LogP contribution in [0.3, 0.4) is 0 Å². The Morgan fingerprint density at radius 3 is 1.88 bits per heavy atom. The monoisotopic (exact) mass is 462 g/mol. The van der Waals surface area contributed by atoms with Gasteiger partial charge in [0.1, 0.15) is 11.5 Å². The van der Waals surface area contributed by atoms with E-state index in [0.717, 1.165) is 29.9 Å². The minimum absolute atomic E-state index is 0.326. The molecule has 1 N–H and O–H groups in total. The highest BCUT2D eigenvalue weighted by atomic mass is 79.9. The quantitative estimate of drug-likeness (QED) is 0.229. The predicted molar refractivity (Wildman–Crippen MR) is 111 cm³/mol. The van der Waals surface area contributed by atoms with Gasteiger partial charge in [-0.05, 0) is 18.6 Å². The fraction of sp³-hybridized carbons (Fsp3) is 0.700. The summed E-state index contributed by atoms with van der Waals surface area (Å²) in [7, 11) is 0. The lowest BCUT2D eigenvalue weighted by molar-refractivity contribution is 0.301. The summed E-state index contributed by atoms with van der Waals surface area (Å²) in [6, 6.07) is 3.73. The van der Waals surface area contributed by atoms with E-state index in [9.17, 15) is 5.11 Å². The van der Waals surface area contributed by atoms with Crippen LogP contribution >= 0.6 is 31.9 Å². The Morgan fingerprint density at radius 1 is 0.792 bits per heavy atom. The summed E-state index contributed by atoms with van der Waals surface area (Å²) in [5.74, 6) is 1.21. The average molecular weight is 464 g/mol. The molecule has 0 unspecified atom stereocenters. The second kappa shape index (κ2) is 14.0. The Hall–Kier alpha value is -0.220. The molecule has 0 bridgehead atoms. The fourth-order valence-corrected chi connectivity index (χ4v) is 3.66. The van der Waals surface area contributed by atoms with Gasteiger partial charge in [-0.1, -0.05) is 96.6 Å². The lowest BCUT2D eigenvalue weighted by Gasteiger charge is -2.13. The van der Waals surface area contributed by atoms with Gasteiger partial charge in [-0.2, -0.15) is 0 Å². The average Bonchev–Trinajstić information content (AvgIpc) is 2.60.